The van der Waals surface area contributed by atoms with Gasteiger partial charge < -0.3 is 0 Å². The number of H-pyrrole nitrogens is 1. The number of aryl methyl sites for hydroxylation is 1. The van der Waals surface area contributed by atoms with Gasteiger partial charge >= 0.3 is 0 Å². The number of hydrogen-bond acceptors (Lipinski definition) is 3. The van der Waals surface area contributed by atoms with Crippen LogP contribution in [0, 0.1) is 6.92 Å². The minimum absolute atomic E-state index is 0.139. The van der Waals surface area contributed by atoms with Gasteiger partial charge in [-0.2, -0.15) is 12.5 Å². The maximum Gasteiger partial charge on any atom is 0.281 e. The summed E-state index contributed by atoms with van der Waals surface area (Å²) in [5.41, 5.74) is 0.893. The molecule has 1 aromatic heterocycles. The van der Waals surface area contributed by atoms with Crippen LogP contribution in [0.15, 0.2) is 58.2 Å². The number of benzene rings is 2. The van der Waals surface area contributed by atoms with E-state index in [1.54, 1.807) is 36.4 Å². The van der Waals surface area contributed by atoms with E-state index >= 15 is 0 Å². The van der Waals surface area contributed by atoms with Crippen LogP contribution in [0.1, 0.15) is 5.56 Å². The van der Waals surface area contributed by atoms with Crippen LogP contribution >= 0.6 is 0 Å². The van der Waals surface area contributed by atoms with E-state index in [0.29, 0.717) is 10.9 Å². The average molecular weight is 288 g/mol. The van der Waals surface area contributed by atoms with Crippen LogP contribution in [0.2, 0.25) is 0 Å². The third-order valence-corrected chi connectivity index (χ3v) is 4.77. The van der Waals surface area contributed by atoms with Crippen LogP contribution in [0.5, 0.6) is 0 Å². The van der Waals surface area contributed by atoms with E-state index in [1.165, 1.54) is 12.1 Å². The Morgan fingerprint density at radius 1 is 1.00 bits per heavy atom. The lowest BCUT2D eigenvalue weighted by atomic mass is 10.2. The summed E-state index contributed by atoms with van der Waals surface area (Å²) in [5.74, 6) is 0. The van der Waals surface area contributed by atoms with Gasteiger partial charge in [0, 0.05) is 0 Å². The Morgan fingerprint density at radius 2 is 1.65 bits per heavy atom. The monoisotopic (exact) mass is 288 g/mol. The molecule has 0 aliphatic rings. The van der Waals surface area contributed by atoms with Gasteiger partial charge in [0.05, 0.1) is 15.8 Å². The SMILES string of the molecule is Cc1ccc(S(=O)(=O)n2[nH]c(=O)c3ccccc32)cc1. The summed E-state index contributed by atoms with van der Waals surface area (Å²) in [6, 6.07) is 13.1. The number of fused-ring (bicyclic) bond motifs is 1. The Balaban J connectivity index is 2.29. The summed E-state index contributed by atoms with van der Waals surface area (Å²) >= 11 is 0. The molecule has 0 fully saturated rings. The largest absolute Gasteiger partial charge is 0.281 e. The van der Waals surface area contributed by atoms with Crippen molar-refractivity contribution < 1.29 is 8.42 Å². The fourth-order valence-electron chi connectivity index (χ4n) is 2.06. The van der Waals surface area contributed by atoms with Gasteiger partial charge in [-0.05, 0) is 31.2 Å². The first-order valence-electron chi connectivity index (χ1n) is 6.02. The standard InChI is InChI=1S/C14H12N2O3S/c1-10-6-8-11(9-7-10)20(18,19)16-13-5-3-2-4-12(13)14(17)15-16/h2-9H,1H3,(H,15,17). The lowest BCUT2D eigenvalue weighted by Crippen LogP contribution is -2.16. The van der Waals surface area contributed by atoms with E-state index in [9.17, 15) is 13.2 Å². The van der Waals surface area contributed by atoms with Crippen molar-refractivity contribution in [2.75, 3.05) is 0 Å². The number of hydrogen-bond donors (Lipinski definition) is 1. The van der Waals surface area contributed by atoms with Gasteiger partial charge in [0.1, 0.15) is 0 Å². The van der Waals surface area contributed by atoms with Gasteiger partial charge in [-0.3, -0.25) is 4.79 Å². The second-order valence-corrected chi connectivity index (χ2v) is 6.33. The maximum absolute atomic E-state index is 12.6. The maximum atomic E-state index is 12.6. The molecule has 1 N–H and O–H groups in total. The molecule has 0 saturated carbocycles. The molecule has 0 amide bonds. The second kappa shape index (κ2) is 4.35. The molecule has 0 aliphatic carbocycles. The molecule has 3 rings (SSSR count). The zero-order valence-corrected chi connectivity index (χ0v) is 11.5. The molecule has 0 radical (unpaired) electrons. The Labute approximate surface area is 115 Å². The molecule has 0 unspecified atom stereocenters. The lowest BCUT2D eigenvalue weighted by Gasteiger charge is -2.06. The quantitative estimate of drug-likeness (QED) is 0.782. The van der Waals surface area contributed by atoms with Gasteiger partial charge in [-0.25, -0.2) is 5.10 Å². The third kappa shape index (κ3) is 1.85. The van der Waals surface area contributed by atoms with Crippen LogP contribution in [0.4, 0.5) is 0 Å². The van der Waals surface area contributed by atoms with Crippen molar-refractivity contribution in [3.8, 4) is 0 Å². The van der Waals surface area contributed by atoms with Crippen molar-refractivity contribution >= 4 is 20.9 Å². The van der Waals surface area contributed by atoms with E-state index < -0.39 is 15.6 Å². The van der Waals surface area contributed by atoms with Gasteiger partial charge in [0.2, 0.25) is 0 Å². The van der Waals surface area contributed by atoms with Crippen LogP contribution < -0.4 is 5.56 Å². The highest BCUT2D eigenvalue weighted by atomic mass is 32.2. The zero-order valence-electron chi connectivity index (χ0n) is 10.7. The highest BCUT2D eigenvalue weighted by Gasteiger charge is 2.20. The number of aromatic amines is 1. The van der Waals surface area contributed by atoms with Crippen molar-refractivity contribution in [1.82, 2.24) is 9.19 Å². The summed E-state index contributed by atoms with van der Waals surface area (Å²) in [6.45, 7) is 1.88. The zero-order chi connectivity index (χ0) is 14.3. The van der Waals surface area contributed by atoms with E-state index in [2.05, 4.69) is 5.10 Å². The molecule has 3 aromatic rings. The summed E-state index contributed by atoms with van der Waals surface area (Å²) in [5, 5.41) is 2.73. The first-order chi connectivity index (χ1) is 9.50. The fraction of sp³-hybridized carbons (Fsp3) is 0.0714. The van der Waals surface area contributed by atoms with Crippen LogP contribution in [-0.2, 0) is 10.0 Å². The van der Waals surface area contributed by atoms with Gasteiger partial charge in [0.25, 0.3) is 15.6 Å². The fourth-order valence-corrected chi connectivity index (χ4v) is 3.37. The predicted molar refractivity (Wildman–Crippen MR) is 76.3 cm³/mol. The molecule has 0 saturated heterocycles. The molecule has 5 nitrogen and oxygen atoms in total. The summed E-state index contributed by atoms with van der Waals surface area (Å²) < 4.78 is 26.1. The Hall–Kier alpha value is -2.34. The van der Waals surface area contributed by atoms with Gasteiger partial charge in [0.15, 0.2) is 0 Å². The smallest absolute Gasteiger partial charge is 0.267 e. The van der Waals surface area contributed by atoms with Crippen LogP contribution in [-0.4, -0.2) is 17.6 Å². The minimum atomic E-state index is -3.80. The van der Waals surface area contributed by atoms with Gasteiger partial charge in [-0.1, -0.05) is 29.8 Å². The molecule has 2 aromatic carbocycles. The molecule has 0 atom stereocenters. The molecular formula is C14H12N2O3S. The molecule has 0 bridgehead atoms. The Kier molecular flexibility index (Phi) is 2.76. The normalized spacial score (nSPS) is 11.8. The lowest BCUT2D eigenvalue weighted by molar-refractivity contribution is 0.582. The number of nitrogens with zero attached hydrogens (tertiary/aromatic N) is 1. The minimum Gasteiger partial charge on any atom is -0.267 e. The predicted octanol–water partition coefficient (Wildman–Crippen LogP) is 1.88. The molecule has 0 aliphatic heterocycles. The highest BCUT2D eigenvalue weighted by molar-refractivity contribution is 7.90. The third-order valence-electron chi connectivity index (χ3n) is 3.13. The Morgan fingerprint density at radius 3 is 2.35 bits per heavy atom. The number of rotatable bonds is 2. The van der Waals surface area contributed by atoms with Gasteiger partial charge in [-0.15, -0.1) is 0 Å². The highest BCUT2D eigenvalue weighted by Crippen LogP contribution is 2.18. The Bertz CT molecular complexity index is 934. The van der Waals surface area contributed by atoms with Crippen molar-refractivity contribution in [2.24, 2.45) is 0 Å². The molecule has 20 heavy (non-hydrogen) atoms. The number of nitrogens with one attached hydrogen (secondary N) is 1. The summed E-state index contributed by atoms with van der Waals surface area (Å²) in [4.78, 5) is 11.9. The first-order valence-corrected chi connectivity index (χ1v) is 7.46. The van der Waals surface area contributed by atoms with E-state index in [0.717, 1.165) is 9.65 Å². The second-order valence-electron chi connectivity index (χ2n) is 4.54. The van der Waals surface area contributed by atoms with Crippen molar-refractivity contribution in [3.63, 3.8) is 0 Å². The van der Waals surface area contributed by atoms with E-state index in [-0.39, 0.29) is 4.90 Å². The number of aromatic nitrogens is 2. The molecule has 6 heteroatoms. The van der Waals surface area contributed by atoms with E-state index in [1.807, 2.05) is 6.92 Å². The topological polar surface area (TPSA) is 71.9 Å². The van der Waals surface area contributed by atoms with Crippen molar-refractivity contribution in [1.29, 1.82) is 0 Å². The van der Waals surface area contributed by atoms with Crippen molar-refractivity contribution in [2.45, 2.75) is 11.8 Å². The summed E-state index contributed by atoms with van der Waals surface area (Å²) in [6.07, 6.45) is 0. The van der Waals surface area contributed by atoms with Crippen LogP contribution in [0.25, 0.3) is 10.9 Å². The average Bonchev–Trinajstić information content (AvgIpc) is 2.78. The molecule has 102 valence electrons. The number of para-hydroxylation sites is 1. The molecule has 1 heterocycles. The summed E-state index contributed by atoms with van der Waals surface area (Å²) in [7, 11) is -3.80. The van der Waals surface area contributed by atoms with Crippen LogP contribution in [0.3, 0.4) is 0 Å². The molecular weight excluding hydrogens is 276 g/mol. The molecule has 0 spiro atoms. The van der Waals surface area contributed by atoms with E-state index in [4.69, 9.17) is 0 Å². The van der Waals surface area contributed by atoms with Crippen molar-refractivity contribution in [3.05, 3.63) is 64.4 Å². The first kappa shape index (κ1) is 12.7.